The van der Waals surface area contributed by atoms with Crippen molar-refractivity contribution in [2.75, 3.05) is 0 Å². The summed E-state index contributed by atoms with van der Waals surface area (Å²) in [5.41, 5.74) is 3.43. The van der Waals surface area contributed by atoms with Gasteiger partial charge in [0.1, 0.15) is 12.1 Å². The average molecular weight is 376 g/mol. The quantitative estimate of drug-likeness (QED) is 0.701. The monoisotopic (exact) mass is 375 g/mol. The smallest absolute Gasteiger partial charge is 0.277 e. The second-order valence-electron chi connectivity index (χ2n) is 5.55. The molecule has 0 aliphatic heterocycles. The van der Waals surface area contributed by atoms with Crippen LogP contribution in [0.5, 0.6) is 0 Å². The Labute approximate surface area is 141 Å². The third-order valence-electron chi connectivity index (χ3n) is 3.52. The van der Waals surface area contributed by atoms with Crippen molar-refractivity contribution in [3.8, 4) is 5.69 Å². The van der Waals surface area contributed by atoms with Gasteiger partial charge < -0.3 is 0 Å². The van der Waals surface area contributed by atoms with Crippen LogP contribution in [-0.4, -0.2) is 14.3 Å². The van der Waals surface area contributed by atoms with Crippen molar-refractivity contribution >= 4 is 15.9 Å². The maximum Gasteiger partial charge on any atom is 0.350 e. The van der Waals surface area contributed by atoms with E-state index in [1.165, 1.54) is 21.6 Å². The lowest BCUT2D eigenvalue weighted by atomic mass is 10.1. The molecular formula is C17H15BrFN3O. The molecule has 0 bridgehead atoms. The van der Waals surface area contributed by atoms with Crippen molar-refractivity contribution in [3.05, 3.63) is 80.2 Å². The number of halogens is 2. The van der Waals surface area contributed by atoms with Gasteiger partial charge in [-0.3, -0.25) is 4.57 Å². The van der Waals surface area contributed by atoms with Gasteiger partial charge in [0.25, 0.3) is 0 Å². The van der Waals surface area contributed by atoms with Crippen molar-refractivity contribution < 1.29 is 4.39 Å². The molecule has 4 nitrogen and oxygen atoms in total. The van der Waals surface area contributed by atoms with E-state index in [2.05, 4.69) is 27.1 Å². The molecule has 1 aromatic heterocycles. The standard InChI is InChI=1S/C17H15BrFN3O/c1-11-5-12(2)7-13(6-11)9-21-10-20-22(17(21)23)14-3-4-15(18)16(19)8-14/h3-8,10H,9H2,1-2H3. The molecule has 0 radical (unpaired) electrons. The molecule has 118 valence electrons. The predicted molar refractivity (Wildman–Crippen MR) is 90.5 cm³/mol. The molecule has 0 aliphatic carbocycles. The van der Waals surface area contributed by atoms with Crippen LogP contribution in [0.2, 0.25) is 0 Å². The minimum atomic E-state index is -0.432. The molecule has 3 aromatic rings. The second kappa shape index (κ2) is 6.12. The lowest BCUT2D eigenvalue weighted by molar-refractivity contribution is 0.618. The Morgan fingerprint density at radius 2 is 1.83 bits per heavy atom. The summed E-state index contributed by atoms with van der Waals surface area (Å²) in [7, 11) is 0. The number of nitrogens with zero attached hydrogens (tertiary/aromatic N) is 3. The average Bonchev–Trinajstić information content (AvgIpc) is 2.82. The summed E-state index contributed by atoms with van der Waals surface area (Å²) in [6, 6.07) is 10.6. The summed E-state index contributed by atoms with van der Waals surface area (Å²) in [4.78, 5) is 12.5. The van der Waals surface area contributed by atoms with Crippen LogP contribution in [0.25, 0.3) is 5.69 Å². The minimum Gasteiger partial charge on any atom is -0.277 e. The molecule has 0 fully saturated rings. The first-order valence-electron chi connectivity index (χ1n) is 7.11. The number of benzene rings is 2. The molecule has 1 heterocycles. The second-order valence-corrected chi connectivity index (χ2v) is 6.40. The van der Waals surface area contributed by atoms with E-state index in [-0.39, 0.29) is 5.69 Å². The van der Waals surface area contributed by atoms with Crippen LogP contribution < -0.4 is 5.69 Å². The van der Waals surface area contributed by atoms with Gasteiger partial charge in [0.15, 0.2) is 0 Å². The van der Waals surface area contributed by atoms with E-state index in [1.807, 2.05) is 26.0 Å². The van der Waals surface area contributed by atoms with E-state index in [0.29, 0.717) is 16.7 Å². The Bertz CT molecular complexity index is 910. The number of aryl methyl sites for hydroxylation is 2. The van der Waals surface area contributed by atoms with Crippen LogP contribution in [-0.2, 0) is 6.54 Å². The highest BCUT2D eigenvalue weighted by molar-refractivity contribution is 9.10. The number of rotatable bonds is 3. The zero-order chi connectivity index (χ0) is 16.6. The molecule has 6 heteroatoms. The first-order chi connectivity index (χ1) is 10.9. The van der Waals surface area contributed by atoms with Crippen molar-refractivity contribution in [1.82, 2.24) is 14.3 Å². The molecule has 3 rings (SSSR count). The minimum absolute atomic E-state index is 0.300. The zero-order valence-electron chi connectivity index (χ0n) is 12.8. The molecule has 0 spiro atoms. The lowest BCUT2D eigenvalue weighted by Gasteiger charge is -2.05. The third-order valence-corrected chi connectivity index (χ3v) is 4.16. The molecule has 0 saturated carbocycles. The van der Waals surface area contributed by atoms with Gasteiger partial charge in [0.05, 0.1) is 16.7 Å². The van der Waals surface area contributed by atoms with Gasteiger partial charge in [-0.05, 0) is 47.5 Å². The Morgan fingerprint density at radius 1 is 1.13 bits per heavy atom. The summed E-state index contributed by atoms with van der Waals surface area (Å²) < 4.78 is 16.7. The van der Waals surface area contributed by atoms with E-state index >= 15 is 0 Å². The van der Waals surface area contributed by atoms with Gasteiger partial charge >= 0.3 is 5.69 Å². The number of hydrogen-bond acceptors (Lipinski definition) is 2. The van der Waals surface area contributed by atoms with Crippen LogP contribution in [0.4, 0.5) is 4.39 Å². The van der Waals surface area contributed by atoms with Gasteiger partial charge in [-0.2, -0.15) is 9.78 Å². The summed E-state index contributed by atoms with van der Waals surface area (Å²) in [5, 5.41) is 4.08. The summed E-state index contributed by atoms with van der Waals surface area (Å²) >= 11 is 3.10. The molecule has 2 aromatic carbocycles. The van der Waals surface area contributed by atoms with E-state index < -0.39 is 5.82 Å². The maximum atomic E-state index is 13.6. The maximum absolute atomic E-state index is 13.6. The first kappa shape index (κ1) is 15.7. The summed E-state index contributed by atoms with van der Waals surface area (Å²) in [6.07, 6.45) is 1.47. The fourth-order valence-corrected chi connectivity index (χ4v) is 2.84. The highest BCUT2D eigenvalue weighted by Crippen LogP contribution is 2.17. The summed E-state index contributed by atoms with van der Waals surface area (Å²) in [6.45, 7) is 4.47. The van der Waals surface area contributed by atoms with E-state index in [4.69, 9.17) is 0 Å². The fraction of sp³-hybridized carbons (Fsp3) is 0.176. The van der Waals surface area contributed by atoms with Crippen LogP contribution >= 0.6 is 15.9 Å². The molecule has 0 saturated heterocycles. The predicted octanol–water partition coefficient (Wildman–Crippen LogP) is 3.60. The third kappa shape index (κ3) is 3.27. The molecule has 0 N–H and O–H groups in total. The van der Waals surface area contributed by atoms with Crippen LogP contribution in [0.1, 0.15) is 16.7 Å². The molecule has 0 atom stereocenters. The van der Waals surface area contributed by atoms with Gasteiger partial charge in [-0.15, -0.1) is 0 Å². The number of hydrogen-bond donors (Lipinski definition) is 0. The lowest BCUT2D eigenvalue weighted by Crippen LogP contribution is -2.24. The van der Waals surface area contributed by atoms with E-state index in [9.17, 15) is 9.18 Å². The Hall–Kier alpha value is -2.21. The van der Waals surface area contributed by atoms with E-state index in [0.717, 1.165) is 16.7 Å². The SMILES string of the molecule is Cc1cc(C)cc(Cn2cnn(-c3ccc(Br)c(F)c3)c2=O)c1. The zero-order valence-corrected chi connectivity index (χ0v) is 14.3. The fourth-order valence-electron chi connectivity index (χ4n) is 2.59. The normalized spacial score (nSPS) is 11.0. The van der Waals surface area contributed by atoms with Crippen LogP contribution in [0.15, 0.2) is 52.0 Å². The highest BCUT2D eigenvalue weighted by Gasteiger charge is 2.10. The van der Waals surface area contributed by atoms with Gasteiger partial charge in [-0.1, -0.05) is 29.3 Å². The molecule has 0 unspecified atom stereocenters. The van der Waals surface area contributed by atoms with Crippen LogP contribution in [0, 0.1) is 19.7 Å². The number of aromatic nitrogens is 3. The highest BCUT2D eigenvalue weighted by atomic mass is 79.9. The first-order valence-corrected chi connectivity index (χ1v) is 7.90. The largest absolute Gasteiger partial charge is 0.350 e. The van der Waals surface area contributed by atoms with E-state index in [1.54, 1.807) is 12.1 Å². The van der Waals surface area contributed by atoms with Gasteiger partial charge in [-0.25, -0.2) is 9.18 Å². The molecule has 0 aliphatic rings. The van der Waals surface area contributed by atoms with Crippen molar-refractivity contribution in [2.24, 2.45) is 0 Å². The van der Waals surface area contributed by atoms with Gasteiger partial charge in [0.2, 0.25) is 0 Å². The van der Waals surface area contributed by atoms with Gasteiger partial charge in [0, 0.05) is 6.07 Å². The topological polar surface area (TPSA) is 39.8 Å². The van der Waals surface area contributed by atoms with Crippen LogP contribution in [0.3, 0.4) is 0 Å². The molecule has 23 heavy (non-hydrogen) atoms. The Morgan fingerprint density at radius 3 is 2.48 bits per heavy atom. The summed E-state index contributed by atoms with van der Waals surface area (Å²) in [5.74, 6) is -0.432. The Balaban J connectivity index is 1.96. The van der Waals surface area contributed by atoms with Crippen molar-refractivity contribution in [3.63, 3.8) is 0 Å². The molecule has 0 amide bonds. The Kier molecular flexibility index (Phi) is 4.17. The van der Waals surface area contributed by atoms with Crippen molar-refractivity contribution in [1.29, 1.82) is 0 Å². The molecular weight excluding hydrogens is 361 g/mol. The van der Waals surface area contributed by atoms with Crippen molar-refractivity contribution in [2.45, 2.75) is 20.4 Å².